The zero-order valence-electron chi connectivity index (χ0n) is 13.4. The van der Waals surface area contributed by atoms with Gasteiger partial charge in [0.2, 0.25) is 5.91 Å². The van der Waals surface area contributed by atoms with E-state index in [0.29, 0.717) is 0 Å². The number of nitrogens with one attached hydrogen (secondary N) is 1. The Morgan fingerprint density at radius 3 is 2.78 bits per heavy atom. The van der Waals surface area contributed by atoms with E-state index in [1.165, 1.54) is 0 Å². The number of hydrogen-bond acceptors (Lipinski definition) is 4. The summed E-state index contributed by atoms with van der Waals surface area (Å²) in [6, 6.07) is 4.19. The summed E-state index contributed by atoms with van der Waals surface area (Å²) in [5.74, 6) is 0.296. The number of pyridine rings is 2. The fourth-order valence-electron chi connectivity index (χ4n) is 3.03. The van der Waals surface area contributed by atoms with Crippen LogP contribution in [0.3, 0.4) is 0 Å². The highest BCUT2D eigenvalue weighted by atomic mass is 79.9. The van der Waals surface area contributed by atoms with E-state index in [1.54, 1.807) is 6.20 Å². The predicted molar refractivity (Wildman–Crippen MR) is 95.5 cm³/mol. The van der Waals surface area contributed by atoms with Gasteiger partial charge in [0.1, 0.15) is 5.52 Å². The second-order valence-electron chi connectivity index (χ2n) is 6.28. The quantitative estimate of drug-likeness (QED) is 0.893. The largest absolute Gasteiger partial charge is 0.370 e. The third-order valence-electron chi connectivity index (χ3n) is 4.16. The van der Waals surface area contributed by atoms with Crippen LogP contribution >= 0.6 is 15.9 Å². The first-order valence-corrected chi connectivity index (χ1v) is 8.79. The molecule has 1 aliphatic rings. The molecule has 2 aromatic rings. The molecule has 1 aliphatic heterocycles. The minimum Gasteiger partial charge on any atom is -0.370 e. The number of carbonyl (C=O) groups excluding carboxylic acids is 1. The van der Waals surface area contributed by atoms with E-state index in [4.69, 9.17) is 0 Å². The van der Waals surface area contributed by atoms with E-state index >= 15 is 0 Å². The topological polar surface area (TPSA) is 58.1 Å². The Bertz CT molecular complexity index is 711. The van der Waals surface area contributed by atoms with Crippen LogP contribution in [0.25, 0.3) is 11.0 Å². The second kappa shape index (κ2) is 6.83. The Kier molecular flexibility index (Phi) is 4.80. The number of carbonyl (C=O) groups is 1. The highest BCUT2D eigenvalue weighted by Gasteiger charge is 2.26. The van der Waals surface area contributed by atoms with Crippen LogP contribution in [0.15, 0.2) is 29.0 Å². The number of aromatic nitrogens is 2. The van der Waals surface area contributed by atoms with Crippen LogP contribution in [0.5, 0.6) is 0 Å². The molecule has 1 fully saturated rings. The summed E-state index contributed by atoms with van der Waals surface area (Å²) in [4.78, 5) is 23.4. The SMILES string of the molecule is CC(C)NC(=O)C1CCN(c2ccnc3cc(Br)cnc23)CC1. The minimum absolute atomic E-state index is 0.115. The Hall–Kier alpha value is -1.69. The molecule has 0 saturated carbocycles. The summed E-state index contributed by atoms with van der Waals surface area (Å²) in [5.41, 5.74) is 2.91. The van der Waals surface area contributed by atoms with E-state index in [0.717, 1.165) is 47.1 Å². The van der Waals surface area contributed by atoms with Crippen molar-refractivity contribution in [1.82, 2.24) is 15.3 Å². The molecular formula is C17H21BrN4O. The molecule has 1 saturated heterocycles. The van der Waals surface area contributed by atoms with E-state index in [2.05, 4.69) is 36.1 Å². The van der Waals surface area contributed by atoms with Crippen molar-refractivity contribution in [2.24, 2.45) is 5.92 Å². The standard InChI is InChI=1S/C17H21BrN4O/c1-11(2)21-17(23)12-4-7-22(8-5-12)15-3-6-19-14-9-13(18)10-20-16(14)15/h3,6,9-12H,4-5,7-8H2,1-2H3,(H,21,23). The number of piperidine rings is 1. The molecule has 23 heavy (non-hydrogen) atoms. The van der Waals surface area contributed by atoms with Gasteiger partial charge in [-0.3, -0.25) is 14.8 Å². The van der Waals surface area contributed by atoms with E-state index < -0.39 is 0 Å². The fourth-order valence-corrected chi connectivity index (χ4v) is 3.35. The van der Waals surface area contributed by atoms with Crippen molar-refractivity contribution in [1.29, 1.82) is 0 Å². The minimum atomic E-state index is 0.115. The van der Waals surface area contributed by atoms with Crippen molar-refractivity contribution < 1.29 is 4.79 Å². The molecule has 3 rings (SSSR count). The van der Waals surface area contributed by atoms with Crippen molar-refractivity contribution in [3.63, 3.8) is 0 Å². The van der Waals surface area contributed by atoms with Crippen molar-refractivity contribution in [2.75, 3.05) is 18.0 Å². The van der Waals surface area contributed by atoms with Gasteiger partial charge in [-0.25, -0.2) is 0 Å². The summed E-state index contributed by atoms with van der Waals surface area (Å²) in [5, 5.41) is 3.02. The molecule has 0 bridgehead atoms. The Morgan fingerprint density at radius 2 is 2.09 bits per heavy atom. The first-order chi connectivity index (χ1) is 11.0. The Labute approximate surface area is 144 Å². The van der Waals surface area contributed by atoms with Gasteiger partial charge in [0.05, 0.1) is 11.2 Å². The monoisotopic (exact) mass is 376 g/mol. The van der Waals surface area contributed by atoms with Gasteiger partial charge in [0, 0.05) is 41.9 Å². The first kappa shape index (κ1) is 16.2. The van der Waals surface area contributed by atoms with Crippen molar-refractivity contribution in [2.45, 2.75) is 32.7 Å². The zero-order valence-corrected chi connectivity index (χ0v) is 15.0. The molecule has 0 radical (unpaired) electrons. The van der Waals surface area contributed by atoms with Gasteiger partial charge in [0.15, 0.2) is 0 Å². The van der Waals surface area contributed by atoms with Gasteiger partial charge in [0.25, 0.3) is 0 Å². The van der Waals surface area contributed by atoms with Crippen LogP contribution in [-0.2, 0) is 4.79 Å². The second-order valence-corrected chi connectivity index (χ2v) is 7.19. The molecule has 0 spiro atoms. The normalized spacial score (nSPS) is 16.1. The number of hydrogen-bond donors (Lipinski definition) is 1. The molecule has 1 N–H and O–H groups in total. The molecular weight excluding hydrogens is 356 g/mol. The molecule has 6 heteroatoms. The number of halogens is 1. The van der Waals surface area contributed by atoms with Crippen LogP contribution in [0.2, 0.25) is 0 Å². The van der Waals surface area contributed by atoms with E-state index in [-0.39, 0.29) is 17.9 Å². The van der Waals surface area contributed by atoms with Gasteiger partial charge in [-0.2, -0.15) is 0 Å². The lowest BCUT2D eigenvalue weighted by Crippen LogP contribution is -2.42. The number of nitrogens with zero attached hydrogens (tertiary/aromatic N) is 3. The highest BCUT2D eigenvalue weighted by Crippen LogP contribution is 2.29. The Morgan fingerprint density at radius 1 is 1.35 bits per heavy atom. The number of rotatable bonds is 3. The Balaban J connectivity index is 1.74. The fraction of sp³-hybridized carbons (Fsp3) is 0.471. The average molecular weight is 377 g/mol. The lowest BCUT2D eigenvalue weighted by molar-refractivity contribution is -0.126. The summed E-state index contributed by atoms with van der Waals surface area (Å²) in [6.45, 7) is 5.74. The molecule has 122 valence electrons. The van der Waals surface area contributed by atoms with Gasteiger partial charge in [-0.15, -0.1) is 0 Å². The van der Waals surface area contributed by atoms with Crippen LogP contribution in [0.4, 0.5) is 5.69 Å². The molecule has 2 aromatic heterocycles. The third kappa shape index (κ3) is 3.63. The van der Waals surface area contributed by atoms with Crippen LogP contribution in [0.1, 0.15) is 26.7 Å². The maximum Gasteiger partial charge on any atom is 0.223 e. The van der Waals surface area contributed by atoms with Crippen molar-refractivity contribution in [3.05, 3.63) is 29.0 Å². The van der Waals surface area contributed by atoms with Crippen LogP contribution in [0, 0.1) is 5.92 Å². The van der Waals surface area contributed by atoms with Gasteiger partial charge in [-0.1, -0.05) is 0 Å². The van der Waals surface area contributed by atoms with Gasteiger partial charge < -0.3 is 10.2 Å². The number of fused-ring (bicyclic) bond motifs is 1. The summed E-state index contributed by atoms with van der Waals surface area (Å²) >= 11 is 3.44. The summed E-state index contributed by atoms with van der Waals surface area (Å²) < 4.78 is 0.929. The molecule has 5 nitrogen and oxygen atoms in total. The first-order valence-electron chi connectivity index (χ1n) is 8.00. The predicted octanol–water partition coefficient (Wildman–Crippen LogP) is 3.13. The summed E-state index contributed by atoms with van der Waals surface area (Å²) in [7, 11) is 0. The van der Waals surface area contributed by atoms with E-state index in [9.17, 15) is 4.79 Å². The highest BCUT2D eigenvalue weighted by molar-refractivity contribution is 9.10. The molecule has 1 amide bonds. The van der Waals surface area contributed by atoms with E-state index in [1.807, 2.05) is 32.2 Å². The molecule has 0 aliphatic carbocycles. The molecule has 0 aromatic carbocycles. The lowest BCUT2D eigenvalue weighted by atomic mass is 9.95. The smallest absolute Gasteiger partial charge is 0.223 e. The zero-order chi connectivity index (χ0) is 16.4. The van der Waals surface area contributed by atoms with Crippen molar-refractivity contribution in [3.8, 4) is 0 Å². The van der Waals surface area contributed by atoms with Crippen LogP contribution in [-0.4, -0.2) is 35.0 Å². The van der Waals surface area contributed by atoms with Crippen LogP contribution < -0.4 is 10.2 Å². The van der Waals surface area contributed by atoms with Gasteiger partial charge in [-0.05, 0) is 54.8 Å². The molecule has 0 atom stereocenters. The average Bonchev–Trinajstić information content (AvgIpc) is 2.53. The maximum atomic E-state index is 12.1. The summed E-state index contributed by atoms with van der Waals surface area (Å²) in [6.07, 6.45) is 5.37. The van der Waals surface area contributed by atoms with Gasteiger partial charge >= 0.3 is 0 Å². The lowest BCUT2D eigenvalue weighted by Gasteiger charge is -2.33. The number of anilines is 1. The maximum absolute atomic E-state index is 12.1. The number of amides is 1. The third-order valence-corrected chi connectivity index (χ3v) is 4.59. The molecule has 0 unspecified atom stereocenters. The molecule has 3 heterocycles. The van der Waals surface area contributed by atoms with Crippen molar-refractivity contribution >= 4 is 38.6 Å².